The van der Waals surface area contributed by atoms with E-state index in [1.54, 1.807) is 44.2 Å². The minimum atomic E-state index is -5.13. The Hall–Kier alpha value is -5.02. The minimum absolute atomic E-state index is 0.0847. The lowest BCUT2D eigenvalue weighted by Crippen LogP contribution is -2.17. The molecule has 40 heavy (non-hydrogen) atoms. The summed E-state index contributed by atoms with van der Waals surface area (Å²) < 4.78 is 86.7. The predicted octanol–water partition coefficient (Wildman–Crippen LogP) is 9.14. The van der Waals surface area contributed by atoms with Crippen LogP contribution in [-0.4, -0.2) is 6.36 Å². The lowest BCUT2D eigenvalue weighted by Gasteiger charge is -2.16. The molecule has 4 aromatic carbocycles. The van der Waals surface area contributed by atoms with Gasteiger partial charge in [0.1, 0.15) is 11.6 Å². The van der Waals surface area contributed by atoms with E-state index in [-0.39, 0.29) is 28.0 Å². The Morgan fingerprint density at radius 2 is 1.32 bits per heavy atom. The first kappa shape index (κ1) is 26.6. The van der Waals surface area contributed by atoms with Gasteiger partial charge in [0.05, 0.1) is 12.6 Å². The van der Waals surface area contributed by atoms with Gasteiger partial charge in [-0.05, 0) is 100 Å². The summed E-state index contributed by atoms with van der Waals surface area (Å²) in [6.45, 7) is 10.9. The number of ether oxygens (including phenoxy) is 1. The quantitative estimate of drug-likeness (QED) is 0.129. The lowest BCUT2D eigenvalue weighted by atomic mass is 9.92. The van der Waals surface area contributed by atoms with Gasteiger partial charge in [-0.1, -0.05) is 24.3 Å². The molecule has 4 aromatic rings. The Morgan fingerprint density at radius 3 is 1.93 bits per heavy atom. The number of fused-ring (bicyclic) bond motifs is 3. The van der Waals surface area contributed by atoms with Crippen LogP contribution in [-0.2, 0) is 0 Å². The van der Waals surface area contributed by atoms with Gasteiger partial charge in [0, 0.05) is 11.1 Å². The van der Waals surface area contributed by atoms with Gasteiger partial charge >= 0.3 is 6.36 Å². The number of rotatable bonds is 3. The Balaban J connectivity index is 1.85. The van der Waals surface area contributed by atoms with Gasteiger partial charge in [-0.15, -0.1) is 13.2 Å². The lowest BCUT2D eigenvalue weighted by molar-refractivity contribution is -0.274. The summed E-state index contributed by atoms with van der Waals surface area (Å²) in [5.41, 5.74) is 3.10. The van der Waals surface area contributed by atoms with Gasteiger partial charge in [0.2, 0.25) is 0 Å². The number of nitriles is 1. The Morgan fingerprint density at radius 1 is 0.725 bits per heavy atom. The average Bonchev–Trinajstić information content (AvgIpc) is 3.18. The molecule has 198 valence electrons. The molecule has 0 atom stereocenters. The molecule has 0 unspecified atom stereocenters. The maximum Gasteiger partial charge on any atom is 0.573 e. The van der Waals surface area contributed by atoms with Gasteiger partial charge in [-0.3, -0.25) is 0 Å². The van der Waals surface area contributed by atoms with Gasteiger partial charge in [0.15, 0.2) is 11.6 Å². The summed E-state index contributed by atoms with van der Waals surface area (Å²) in [5, 5.41) is 9.69. The molecule has 0 amide bonds. The largest absolute Gasteiger partial charge is 0.573 e. The number of allylic oxidation sites excluding steroid dienone is 1. The Bertz CT molecular complexity index is 1820. The minimum Gasteiger partial charge on any atom is -0.405 e. The van der Waals surface area contributed by atoms with Crippen molar-refractivity contribution >= 4 is 5.57 Å². The molecule has 3 nitrogen and oxygen atoms in total. The highest BCUT2D eigenvalue weighted by atomic mass is 19.4. The van der Waals surface area contributed by atoms with Crippen LogP contribution in [0, 0.1) is 49.2 Å². The summed E-state index contributed by atoms with van der Waals surface area (Å²) in [5.74, 6) is -3.59. The van der Waals surface area contributed by atoms with Gasteiger partial charge in [0.25, 0.3) is 5.70 Å². The van der Waals surface area contributed by atoms with Crippen LogP contribution in [0.4, 0.5) is 26.3 Å². The van der Waals surface area contributed by atoms with E-state index in [1.807, 2.05) is 0 Å². The molecule has 5 rings (SSSR count). The highest BCUT2D eigenvalue weighted by Crippen LogP contribution is 2.52. The van der Waals surface area contributed by atoms with E-state index in [4.69, 9.17) is 6.57 Å². The van der Waals surface area contributed by atoms with Crippen LogP contribution in [0.2, 0.25) is 0 Å². The van der Waals surface area contributed by atoms with Crippen LogP contribution in [0.15, 0.2) is 66.4 Å². The van der Waals surface area contributed by atoms with Crippen molar-refractivity contribution in [1.82, 2.24) is 0 Å². The SMILES string of the molecule is [C-]#[N+]/C(C#N)=C1\c2cc(C)c(-c3ccc(C)c(F)c3)cc2-c2cc(-c3ccc(F)c(F)c3)c(OC(F)(F)F)cc21. The third-order valence-electron chi connectivity index (χ3n) is 6.71. The topological polar surface area (TPSA) is 37.4 Å². The van der Waals surface area contributed by atoms with E-state index < -0.39 is 29.6 Å². The second-order valence-corrected chi connectivity index (χ2v) is 9.19. The molecule has 0 fully saturated rings. The van der Waals surface area contributed by atoms with E-state index in [2.05, 4.69) is 9.58 Å². The number of hydrogen-bond acceptors (Lipinski definition) is 2. The fourth-order valence-electron chi connectivity index (χ4n) is 4.85. The smallest absolute Gasteiger partial charge is 0.405 e. The van der Waals surface area contributed by atoms with Crippen LogP contribution < -0.4 is 4.74 Å². The average molecular weight is 546 g/mol. The summed E-state index contributed by atoms with van der Waals surface area (Å²) >= 11 is 0. The molecule has 0 spiro atoms. The normalized spacial score (nSPS) is 13.2. The first-order valence-electron chi connectivity index (χ1n) is 11.7. The van der Waals surface area contributed by atoms with Crippen molar-refractivity contribution in [2.24, 2.45) is 0 Å². The van der Waals surface area contributed by atoms with Crippen LogP contribution in [0.5, 0.6) is 5.75 Å². The second kappa shape index (κ2) is 9.62. The summed E-state index contributed by atoms with van der Waals surface area (Å²) in [4.78, 5) is 3.29. The van der Waals surface area contributed by atoms with Crippen molar-refractivity contribution in [3.63, 3.8) is 0 Å². The van der Waals surface area contributed by atoms with Crippen molar-refractivity contribution in [2.45, 2.75) is 20.2 Å². The number of halogens is 6. The number of hydrogen-bond donors (Lipinski definition) is 0. The Kier molecular flexibility index (Phi) is 6.39. The molecular weight excluding hydrogens is 530 g/mol. The molecule has 1 aliphatic rings. The zero-order valence-electron chi connectivity index (χ0n) is 20.8. The molecule has 0 bridgehead atoms. The summed E-state index contributed by atoms with van der Waals surface area (Å²) in [7, 11) is 0. The van der Waals surface area contributed by atoms with Gasteiger partial charge in [-0.25, -0.2) is 23.3 Å². The van der Waals surface area contributed by atoms with Crippen molar-refractivity contribution in [3.05, 3.63) is 117 Å². The zero-order chi connectivity index (χ0) is 28.9. The number of aryl methyl sites for hydroxylation is 2. The first-order chi connectivity index (χ1) is 18.9. The van der Waals surface area contributed by atoms with Crippen LogP contribution in [0.1, 0.15) is 22.3 Å². The summed E-state index contributed by atoms with van der Waals surface area (Å²) in [6.07, 6.45) is -5.13. The van der Waals surface area contributed by atoms with E-state index in [0.717, 1.165) is 24.3 Å². The fraction of sp³-hybridized carbons (Fsp3) is 0.0968. The van der Waals surface area contributed by atoms with E-state index >= 15 is 0 Å². The molecule has 0 N–H and O–H groups in total. The highest BCUT2D eigenvalue weighted by molar-refractivity contribution is 6.06. The molecule has 0 aliphatic heterocycles. The predicted molar refractivity (Wildman–Crippen MR) is 137 cm³/mol. The molecule has 0 saturated heterocycles. The van der Waals surface area contributed by atoms with E-state index in [0.29, 0.717) is 38.9 Å². The van der Waals surface area contributed by atoms with Gasteiger partial charge < -0.3 is 4.74 Å². The first-order valence-corrected chi connectivity index (χ1v) is 11.7. The zero-order valence-corrected chi connectivity index (χ0v) is 20.8. The number of alkyl halides is 3. The standard InChI is InChI=1S/C31H16F6N2O/c1-15-4-5-17(9-26(15)33)19-11-21-22-12-20(18-6-7-25(32)27(34)10-18)29(40-31(35,36)37)13-24(22)30(28(14-38)39-3)23(21)8-16(19)2/h4-13H,1-2H3/b30-28+. The molecule has 0 heterocycles. The van der Waals surface area contributed by atoms with E-state index in [1.165, 1.54) is 12.1 Å². The fourth-order valence-corrected chi connectivity index (χ4v) is 4.85. The maximum atomic E-state index is 14.4. The highest BCUT2D eigenvalue weighted by Gasteiger charge is 2.35. The van der Waals surface area contributed by atoms with Gasteiger partial charge in [-0.2, -0.15) is 0 Å². The molecular formula is C31H16F6N2O. The van der Waals surface area contributed by atoms with Crippen molar-refractivity contribution in [2.75, 3.05) is 0 Å². The molecule has 0 aromatic heterocycles. The molecule has 1 aliphatic carbocycles. The molecule has 0 radical (unpaired) electrons. The van der Waals surface area contributed by atoms with Crippen molar-refractivity contribution in [3.8, 4) is 45.2 Å². The monoisotopic (exact) mass is 546 g/mol. The van der Waals surface area contributed by atoms with Crippen molar-refractivity contribution in [1.29, 1.82) is 5.26 Å². The van der Waals surface area contributed by atoms with Crippen LogP contribution in [0.3, 0.4) is 0 Å². The maximum absolute atomic E-state index is 14.4. The van der Waals surface area contributed by atoms with Crippen LogP contribution >= 0.6 is 0 Å². The Labute approximate surface area is 225 Å². The second-order valence-electron chi connectivity index (χ2n) is 9.19. The van der Waals surface area contributed by atoms with Crippen LogP contribution in [0.25, 0.3) is 43.8 Å². The third kappa shape index (κ3) is 4.56. The number of benzene rings is 4. The van der Waals surface area contributed by atoms with E-state index in [9.17, 15) is 31.6 Å². The third-order valence-corrected chi connectivity index (χ3v) is 6.71. The van der Waals surface area contributed by atoms with Crippen molar-refractivity contribution < 1.29 is 31.1 Å². The molecule has 0 saturated carbocycles. The summed E-state index contributed by atoms with van der Waals surface area (Å²) in [6, 6.07) is 14.9. The molecule has 9 heteroatoms. The number of nitrogens with zero attached hydrogens (tertiary/aromatic N) is 2.